The highest BCUT2D eigenvalue weighted by atomic mass is 16.5. The molecule has 4 nitrogen and oxygen atoms in total. The highest BCUT2D eigenvalue weighted by Crippen LogP contribution is 2.32. The Bertz CT molecular complexity index is 476. The first-order chi connectivity index (χ1) is 9.95. The standard InChI is InChI=1S/C17H28N2O2/c1-13(2)21-15-6-5-14(9-16(15)20-4)10-19-8-7-17(3,11-18)12-19/h5-6,9,13H,7-8,10-12,18H2,1-4H3. The van der Waals surface area contributed by atoms with Gasteiger partial charge in [-0.15, -0.1) is 0 Å². The van der Waals surface area contributed by atoms with E-state index in [-0.39, 0.29) is 11.5 Å². The Kier molecular flexibility index (Phi) is 5.12. The lowest BCUT2D eigenvalue weighted by Gasteiger charge is -2.23. The molecule has 0 saturated carbocycles. The summed E-state index contributed by atoms with van der Waals surface area (Å²) in [7, 11) is 1.69. The zero-order valence-electron chi connectivity index (χ0n) is 13.7. The summed E-state index contributed by atoms with van der Waals surface area (Å²) in [6.07, 6.45) is 1.32. The molecule has 0 spiro atoms. The Balaban J connectivity index is 2.04. The second-order valence-corrected chi connectivity index (χ2v) is 6.63. The van der Waals surface area contributed by atoms with Gasteiger partial charge in [-0.3, -0.25) is 4.90 Å². The summed E-state index contributed by atoms with van der Waals surface area (Å²) >= 11 is 0. The van der Waals surface area contributed by atoms with E-state index in [0.717, 1.165) is 37.7 Å². The minimum atomic E-state index is 0.147. The minimum absolute atomic E-state index is 0.147. The topological polar surface area (TPSA) is 47.7 Å². The molecule has 2 N–H and O–H groups in total. The number of hydrogen-bond donors (Lipinski definition) is 1. The molecule has 1 saturated heterocycles. The molecule has 1 aromatic rings. The highest BCUT2D eigenvalue weighted by molar-refractivity contribution is 5.43. The molecule has 4 heteroatoms. The average Bonchev–Trinajstić information content (AvgIpc) is 2.82. The Morgan fingerprint density at radius 1 is 1.33 bits per heavy atom. The van der Waals surface area contributed by atoms with Crippen LogP contribution < -0.4 is 15.2 Å². The summed E-state index contributed by atoms with van der Waals surface area (Å²) in [5, 5.41) is 0. The van der Waals surface area contributed by atoms with Crippen molar-refractivity contribution >= 4 is 0 Å². The molecular weight excluding hydrogens is 264 g/mol. The van der Waals surface area contributed by atoms with Crippen LogP contribution in [0.25, 0.3) is 0 Å². The molecule has 1 aliphatic heterocycles. The average molecular weight is 292 g/mol. The highest BCUT2D eigenvalue weighted by Gasteiger charge is 2.32. The van der Waals surface area contributed by atoms with Crippen LogP contribution in [-0.2, 0) is 6.54 Å². The van der Waals surface area contributed by atoms with Gasteiger partial charge in [-0.05, 0) is 56.5 Å². The Morgan fingerprint density at radius 3 is 2.67 bits per heavy atom. The molecule has 1 heterocycles. The molecule has 0 radical (unpaired) electrons. The summed E-state index contributed by atoms with van der Waals surface area (Å²) in [4.78, 5) is 2.46. The minimum Gasteiger partial charge on any atom is -0.493 e. The van der Waals surface area contributed by atoms with Crippen molar-refractivity contribution in [3.05, 3.63) is 23.8 Å². The SMILES string of the molecule is COc1cc(CN2CCC(C)(CN)C2)ccc1OC(C)C. The van der Waals surface area contributed by atoms with Crippen LogP contribution >= 0.6 is 0 Å². The summed E-state index contributed by atoms with van der Waals surface area (Å²) in [5.41, 5.74) is 7.39. The lowest BCUT2D eigenvalue weighted by Crippen LogP contribution is -2.31. The Hall–Kier alpha value is -1.26. The number of ether oxygens (including phenoxy) is 2. The van der Waals surface area contributed by atoms with Crippen LogP contribution in [0.3, 0.4) is 0 Å². The van der Waals surface area contributed by atoms with Gasteiger partial charge in [-0.2, -0.15) is 0 Å². The second kappa shape index (κ2) is 6.67. The van der Waals surface area contributed by atoms with Gasteiger partial charge >= 0.3 is 0 Å². The van der Waals surface area contributed by atoms with Crippen LogP contribution in [-0.4, -0.2) is 37.7 Å². The molecule has 118 valence electrons. The van der Waals surface area contributed by atoms with Crippen LogP contribution in [0.15, 0.2) is 18.2 Å². The van der Waals surface area contributed by atoms with E-state index in [2.05, 4.69) is 24.0 Å². The van der Waals surface area contributed by atoms with Crippen molar-refractivity contribution in [1.82, 2.24) is 4.90 Å². The fourth-order valence-electron chi connectivity index (χ4n) is 2.85. The van der Waals surface area contributed by atoms with Crippen LogP contribution in [0, 0.1) is 5.41 Å². The van der Waals surface area contributed by atoms with Crippen LogP contribution in [0.4, 0.5) is 0 Å². The third kappa shape index (κ3) is 4.11. The molecule has 1 aliphatic rings. The summed E-state index contributed by atoms with van der Waals surface area (Å²) in [6, 6.07) is 6.21. The van der Waals surface area contributed by atoms with Gasteiger partial charge in [0.25, 0.3) is 0 Å². The molecule has 0 amide bonds. The number of nitrogens with two attached hydrogens (primary N) is 1. The normalized spacial score (nSPS) is 22.8. The predicted molar refractivity (Wildman–Crippen MR) is 85.8 cm³/mol. The summed E-state index contributed by atoms with van der Waals surface area (Å²) < 4.78 is 11.2. The van der Waals surface area contributed by atoms with Crippen molar-refractivity contribution in [3.63, 3.8) is 0 Å². The number of benzene rings is 1. The van der Waals surface area contributed by atoms with Crippen molar-refractivity contribution in [2.75, 3.05) is 26.7 Å². The van der Waals surface area contributed by atoms with E-state index in [0.29, 0.717) is 0 Å². The zero-order chi connectivity index (χ0) is 15.5. The zero-order valence-corrected chi connectivity index (χ0v) is 13.7. The van der Waals surface area contributed by atoms with Crippen LogP contribution in [0.2, 0.25) is 0 Å². The number of hydrogen-bond acceptors (Lipinski definition) is 4. The third-order valence-electron chi connectivity index (χ3n) is 4.13. The van der Waals surface area contributed by atoms with Crippen molar-refractivity contribution in [2.24, 2.45) is 11.1 Å². The van der Waals surface area contributed by atoms with E-state index in [1.807, 2.05) is 19.9 Å². The molecule has 1 aromatic carbocycles. The second-order valence-electron chi connectivity index (χ2n) is 6.63. The maximum atomic E-state index is 5.87. The van der Waals surface area contributed by atoms with E-state index in [1.54, 1.807) is 7.11 Å². The van der Waals surface area contributed by atoms with E-state index in [1.165, 1.54) is 12.0 Å². The Labute approximate surface area is 128 Å². The van der Waals surface area contributed by atoms with Gasteiger partial charge in [-0.25, -0.2) is 0 Å². The summed E-state index contributed by atoms with van der Waals surface area (Å²) in [6.45, 7) is 10.2. The number of likely N-dealkylation sites (tertiary alicyclic amines) is 1. The van der Waals surface area contributed by atoms with Crippen molar-refractivity contribution in [2.45, 2.75) is 39.8 Å². The molecule has 1 atom stereocenters. The van der Waals surface area contributed by atoms with Gasteiger partial charge in [0.05, 0.1) is 13.2 Å². The number of methoxy groups -OCH3 is 1. The Morgan fingerprint density at radius 2 is 2.10 bits per heavy atom. The van der Waals surface area contributed by atoms with E-state index >= 15 is 0 Å². The van der Waals surface area contributed by atoms with Crippen molar-refractivity contribution < 1.29 is 9.47 Å². The molecule has 1 unspecified atom stereocenters. The van der Waals surface area contributed by atoms with E-state index in [4.69, 9.17) is 15.2 Å². The quantitative estimate of drug-likeness (QED) is 0.875. The van der Waals surface area contributed by atoms with Gasteiger partial charge in [0.2, 0.25) is 0 Å². The lowest BCUT2D eigenvalue weighted by atomic mass is 9.90. The van der Waals surface area contributed by atoms with Crippen LogP contribution in [0.5, 0.6) is 11.5 Å². The lowest BCUT2D eigenvalue weighted by molar-refractivity contribution is 0.229. The fourth-order valence-corrected chi connectivity index (χ4v) is 2.85. The first-order valence-electron chi connectivity index (χ1n) is 7.72. The predicted octanol–water partition coefficient (Wildman–Crippen LogP) is 2.65. The molecular formula is C17H28N2O2. The molecule has 21 heavy (non-hydrogen) atoms. The third-order valence-corrected chi connectivity index (χ3v) is 4.13. The van der Waals surface area contributed by atoms with E-state index in [9.17, 15) is 0 Å². The van der Waals surface area contributed by atoms with E-state index < -0.39 is 0 Å². The van der Waals surface area contributed by atoms with Crippen molar-refractivity contribution in [1.29, 1.82) is 0 Å². The van der Waals surface area contributed by atoms with Gasteiger partial charge in [0, 0.05) is 13.1 Å². The van der Waals surface area contributed by atoms with Crippen molar-refractivity contribution in [3.8, 4) is 11.5 Å². The molecule has 1 fully saturated rings. The fraction of sp³-hybridized carbons (Fsp3) is 0.647. The molecule has 0 aliphatic carbocycles. The maximum absolute atomic E-state index is 5.87. The smallest absolute Gasteiger partial charge is 0.161 e. The largest absolute Gasteiger partial charge is 0.493 e. The number of rotatable bonds is 6. The van der Waals surface area contributed by atoms with Gasteiger partial charge in [-0.1, -0.05) is 13.0 Å². The maximum Gasteiger partial charge on any atom is 0.161 e. The molecule has 0 aromatic heterocycles. The first kappa shape index (κ1) is 16.1. The number of nitrogens with zero attached hydrogens (tertiary/aromatic N) is 1. The molecule has 0 bridgehead atoms. The van der Waals surface area contributed by atoms with Gasteiger partial charge in [0.15, 0.2) is 11.5 Å². The monoisotopic (exact) mass is 292 g/mol. The van der Waals surface area contributed by atoms with Gasteiger partial charge in [0.1, 0.15) is 0 Å². The first-order valence-corrected chi connectivity index (χ1v) is 7.72. The summed E-state index contributed by atoms with van der Waals surface area (Å²) in [5.74, 6) is 1.62. The van der Waals surface area contributed by atoms with Crippen LogP contribution in [0.1, 0.15) is 32.8 Å². The van der Waals surface area contributed by atoms with Gasteiger partial charge < -0.3 is 15.2 Å². The molecule has 2 rings (SSSR count).